The van der Waals surface area contributed by atoms with E-state index >= 15 is 0 Å². The minimum atomic E-state index is -0.965. The molecule has 4 nitrogen and oxygen atoms in total. The molecule has 0 bridgehead atoms. The van der Waals surface area contributed by atoms with Crippen molar-refractivity contribution in [1.29, 1.82) is 0 Å². The Morgan fingerprint density at radius 1 is 0.960 bits per heavy atom. The lowest BCUT2D eigenvalue weighted by Gasteiger charge is -2.13. The third-order valence-corrected chi connectivity index (χ3v) is 3.77. The predicted molar refractivity (Wildman–Crippen MR) is 91.4 cm³/mol. The van der Waals surface area contributed by atoms with E-state index < -0.39 is 17.9 Å². The van der Waals surface area contributed by atoms with E-state index in [1.165, 1.54) is 31.2 Å². The maximum absolute atomic E-state index is 12.9. The molecule has 1 heterocycles. The Kier molecular flexibility index (Phi) is 4.75. The van der Waals surface area contributed by atoms with Gasteiger partial charge in [0.15, 0.2) is 6.10 Å². The molecule has 2 aromatic carbocycles. The van der Waals surface area contributed by atoms with Gasteiger partial charge in [0.2, 0.25) is 5.78 Å². The molecule has 3 rings (SSSR count). The first kappa shape index (κ1) is 16.6. The number of esters is 1. The zero-order valence-electron chi connectivity index (χ0n) is 13.6. The average Bonchev–Trinajstić information content (AvgIpc) is 3.16. The molecule has 0 unspecified atom stereocenters. The molecule has 0 aliphatic heterocycles. The quantitative estimate of drug-likeness (QED) is 0.521. The minimum Gasteiger partial charge on any atom is -0.451 e. The summed E-state index contributed by atoms with van der Waals surface area (Å²) in [7, 11) is 0. The van der Waals surface area contributed by atoms with Crippen molar-refractivity contribution in [2.24, 2.45) is 0 Å². The first-order valence-electron chi connectivity index (χ1n) is 7.79. The minimum absolute atomic E-state index is 0.294. The van der Waals surface area contributed by atoms with Crippen LogP contribution in [-0.4, -0.2) is 22.4 Å². The topological polar surface area (TPSA) is 48.3 Å². The highest BCUT2D eigenvalue weighted by atomic mass is 19.1. The molecule has 126 valence electrons. The number of hydrogen-bond acceptors (Lipinski definition) is 3. The molecule has 0 N–H and O–H groups in total. The molecule has 3 aromatic rings. The highest BCUT2D eigenvalue weighted by molar-refractivity contribution is 6.01. The molecular weight excluding hydrogens is 321 g/mol. The summed E-state index contributed by atoms with van der Waals surface area (Å²) in [6.45, 7) is 1.50. The van der Waals surface area contributed by atoms with Crippen LogP contribution in [0.2, 0.25) is 0 Å². The number of Topliss-reactive ketones (excluding diaryl/α,β-unsaturated/α-hetero) is 1. The summed E-state index contributed by atoms with van der Waals surface area (Å²) in [5.74, 6) is -1.39. The lowest BCUT2D eigenvalue weighted by atomic mass is 10.1. The number of rotatable bonds is 5. The van der Waals surface area contributed by atoms with E-state index in [4.69, 9.17) is 4.74 Å². The normalized spacial score (nSPS) is 11.8. The maximum Gasteiger partial charge on any atom is 0.338 e. The largest absolute Gasteiger partial charge is 0.451 e. The lowest BCUT2D eigenvalue weighted by molar-refractivity contribution is 0.0319. The van der Waals surface area contributed by atoms with Crippen LogP contribution in [0.3, 0.4) is 0 Å². The summed E-state index contributed by atoms with van der Waals surface area (Å²) in [6, 6.07) is 15.8. The summed E-state index contributed by atoms with van der Waals surface area (Å²) in [4.78, 5) is 24.6. The molecule has 0 amide bonds. The van der Waals surface area contributed by atoms with E-state index in [-0.39, 0.29) is 5.78 Å². The van der Waals surface area contributed by atoms with E-state index in [9.17, 15) is 14.0 Å². The molecule has 5 heteroatoms. The second-order valence-corrected chi connectivity index (χ2v) is 5.56. The summed E-state index contributed by atoms with van der Waals surface area (Å²) >= 11 is 0. The molecule has 25 heavy (non-hydrogen) atoms. The molecule has 0 fully saturated rings. The monoisotopic (exact) mass is 337 g/mol. The van der Waals surface area contributed by atoms with E-state index in [0.717, 1.165) is 5.69 Å². The van der Waals surface area contributed by atoms with Crippen LogP contribution in [0, 0.1) is 5.82 Å². The van der Waals surface area contributed by atoms with E-state index in [1.54, 1.807) is 18.2 Å². The van der Waals surface area contributed by atoms with Gasteiger partial charge in [-0.05, 0) is 61.5 Å². The van der Waals surface area contributed by atoms with E-state index in [0.29, 0.717) is 11.1 Å². The van der Waals surface area contributed by atoms with E-state index in [2.05, 4.69) is 0 Å². The fourth-order valence-corrected chi connectivity index (χ4v) is 2.43. The summed E-state index contributed by atoms with van der Waals surface area (Å²) in [6.07, 6.45) is 2.77. The number of carbonyl (C=O) groups is 2. The van der Waals surface area contributed by atoms with Gasteiger partial charge in [0.25, 0.3) is 0 Å². The first-order valence-corrected chi connectivity index (χ1v) is 7.79. The summed E-state index contributed by atoms with van der Waals surface area (Å²) in [5, 5.41) is 0. The van der Waals surface area contributed by atoms with Crippen LogP contribution >= 0.6 is 0 Å². The van der Waals surface area contributed by atoms with Crippen LogP contribution in [-0.2, 0) is 4.74 Å². The van der Waals surface area contributed by atoms with Crippen molar-refractivity contribution >= 4 is 11.8 Å². The molecule has 0 radical (unpaired) electrons. The third kappa shape index (κ3) is 3.83. The van der Waals surface area contributed by atoms with Crippen molar-refractivity contribution in [3.63, 3.8) is 0 Å². The van der Waals surface area contributed by atoms with Crippen LogP contribution in [0.1, 0.15) is 27.6 Å². The number of nitrogens with zero attached hydrogens (tertiary/aromatic N) is 1. The van der Waals surface area contributed by atoms with Gasteiger partial charge in [-0.3, -0.25) is 4.79 Å². The van der Waals surface area contributed by atoms with Gasteiger partial charge in [-0.25, -0.2) is 9.18 Å². The zero-order chi connectivity index (χ0) is 17.8. The fourth-order valence-electron chi connectivity index (χ4n) is 2.43. The van der Waals surface area contributed by atoms with Crippen LogP contribution < -0.4 is 0 Å². The highest BCUT2D eigenvalue weighted by Crippen LogP contribution is 2.14. The lowest BCUT2D eigenvalue weighted by Crippen LogP contribution is -2.24. The van der Waals surface area contributed by atoms with Gasteiger partial charge < -0.3 is 9.30 Å². The standard InChI is InChI=1S/C20H16FNO3/c1-14(19(23)15-7-9-17(21)10-8-15)25-20(24)16-5-4-6-18(13-16)22-11-2-3-12-22/h2-14H,1H3/t14-/m0/s1. The number of ether oxygens (including phenoxy) is 1. The molecule has 0 aliphatic carbocycles. The maximum atomic E-state index is 12.9. The Labute approximate surface area is 144 Å². The summed E-state index contributed by atoms with van der Waals surface area (Å²) < 4.78 is 20.1. The van der Waals surface area contributed by atoms with Crippen LogP contribution in [0.4, 0.5) is 4.39 Å². The van der Waals surface area contributed by atoms with Crippen molar-refractivity contribution in [2.75, 3.05) is 0 Å². The number of aromatic nitrogens is 1. The Bertz CT molecular complexity index is 886. The molecule has 1 aromatic heterocycles. The SMILES string of the molecule is C[C@H](OC(=O)c1cccc(-n2cccc2)c1)C(=O)c1ccc(F)cc1. The average molecular weight is 337 g/mol. The zero-order valence-corrected chi connectivity index (χ0v) is 13.6. The molecule has 0 aliphatic rings. The van der Waals surface area contributed by atoms with Crippen LogP contribution in [0.5, 0.6) is 0 Å². The van der Waals surface area contributed by atoms with Crippen molar-refractivity contribution in [3.05, 3.63) is 90.0 Å². The van der Waals surface area contributed by atoms with Gasteiger partial charge in [0.1, 0.15) is 5.82 Å². The molecule has 1 atom stereocenters. The molecule has 0 saturated carbocycles. The number of carbonyl (C=O) groups excluding carboxylic acids is 2. The number of benzene rings is 2. The Balaban J connectivity index is 1.72. The van der Waals surface area contributed by atoms with Gasteiger partial charge in [-0.15, -0.1) is 0 Å². The highest BCUT2D eigenvalue weighted by Gasteiger charge is 2.20. The molecule has 0 saturated heterocycles. The third-order valence-electron chi connectivity index (χ3n) is 3.77. The van der Waals surface area contributed by atoms with Crippen molar-refractivity contribution in [2.45, 2.75) is 13.0 Å². The Morgan fingerprint density at radius 3 is 2.32 bits per heavy atom. The van der Waals surface area contributed by atoms with Crippen LogP contribution in [0.25, 0.3) is 5.69 Å². The second-order valence-electron chi connectivity index (χ2n) is 5.56. The fraction of sp³-hybridized carbons (Fsp3) is 0.100. The van der Waals surface area contributed by atoms with Crippen molar-refractivity contribution in [1.82, 2.24) is 4.57 Å². The Hall–Kier alpha value is -3.21. The molecular formula is C20H16FNO3. The van der Waals surface area contributed by atoms with Crippen molar-refractivity contribution in [3.8, 4) is 5.69 Å². The number of hydrogen-bond donors (Lipinski definition) is 0. The van der Waals surface area contributed by atoms with Crippen LogP contribution in [0.15, 0.2) is 73.1 Å². The molecule has 0 spiro atoms. The van der Waals surface area contributed by atoms with Crippen molar-refractivity contribution < 1.29 is 18.7 Å². The van der Waals surface area contributed by atoms with Gasteiger partial charge in [-0.2, -0.15) is 0 Å². The summed E-state index contributed by atoms with van der Waals surface area (Å²) in [5.41, 5.74) is 1.46. The van der Waals surface area contributed by atoms with Gasteiger partial charge in [0, 0.05) is 23.6 Å². The first-order chi connectivity index (χ1) is 12.0. The predicted octanol–water partition coefficient (Wildman–Crippen LogP) is 4.04. The van der Waals surface area contributed by atoms with Gasteiger partial charge >= 0.3 is 5.97 Å². The Morgan fingerprint density at radius 2 is 1.64 bits per heavy atom. The van der Waals surface area contributed by atoms with Gasteiger partial charge in [-0.1, -0.05) is 6.07 Å². The van der Waals surface area contributed by atoms with E-state index in [1.807, 2.05) is 35.2 Å². The number of halogens is 1. The number of ketones is 1. The smallest absolute Gasteiger partial charge is 0.338 e. The second kappa shape index (κ2) is 7.13. The van der Waals surface area contributed by atoms with Gasteiger partial charge in [0.05, 0.1) is 5.56 Å².